The summed E-state index contributed by atoms with van der Waals surface area (Å²) in [6.07, 6.45) is 0.324. The lowest BCUT2D eigenvalue weighted by molar-refractivity contribution is -0.121. The summed E-state index contributed by atoms with van der Waals surface area (Å²) in [7, 11) is -7.06. The molecule has 1 saturated heterocycles. The highest BCUT2D eigenvalue weighted by atomic mass is 32.2. The van der Waals surface area contributed by atoms with Gasteiger partial charge in [-0.2, -0.15) is 4.31 Å². The molecule has 134 valence electrons. The van der Waals surface area contributed by atoms with Crippen molar-refractivity contribution in [1.29, 1.82) is 0 Å². The summed E-state index contributed by atoms with van der Waals surface area (Å²) in [5.41, 5.74) is 0. The van der Waals surface area contributed by atoms with Gasteiger partial charge in [-0.1, -0.05) is 6.92 Å². The highest BCUT2D eigenvalue weighted by molar-refractivity contribution is 7.91. The van der Waals surface area contributed by atoms with E-state index in [1.807, 2.05) is 0 Å². The minimum absolute atomic E-state index is 0.0172. The molecule has 1 amide bonds. The van der Waals surface area contributed by atoms with Crippen LogP contribution in [0.25, 0.3) is 0 Å². The van der Waals surface area contributed by atoms with Crippen LogP contribution < -0.4 is 5.32 Å². The van der Waals surface area contributed by atoms with Gasteiger partial charge in [-0.3, -0.25) is 4.79 Å². The normalized spacial score (nSPS) is 20.2. The van der Waals surface area contributed by atoms with Crippen molar-refractivity contribution in [3.63, 3.8) is 0 Å². The summed E-state index contributed by atoms with van der Waals surface area (Å²) >= 11 is 0. The van der Waals surface area contributed by atoms with Crippen molar-refractivity contribution in [1.82, 2.24) is 9.62 Å². The molecule has 1 aromatic rings. The molecular weight excluding hydrogens is 359 g/mol. The molecular formula is C14H19FN2O5S2. The summed E-state index contributed by atoms with van der Waals surface area (Å²) in [5.74, 6) is -1.24. The maximum atomic E-state index is 12.9. The summed E-state index contributed by atoms with van der Waals surface area (Å²) in [5, 5.41) is 2.55. The first-order valence-electron chi connectivity index (χ1n) is 7.39. The maximum absolute atomic E-state index is 12.9. The van der Waals surface area contributed by atoms with Gasteiger partial charge in [0.25, 0.3) is 0 Å². The zero-order valence-electron chi connectivity index (χ0n) is 13.1. The van der Waals surface area contributed by atoms with Crippen LogP contribution in [0.15, 0.2) is 29.2 Å². The summed E-state index contributed by atoms with van der Waals surface area (Å²) in [4.78, 5) is 11.9. The monoisotopic (exact) mass is 378 g/mol. The Morgan fingerprint density at radius 2 is 1.96 bits per heavy atom. The standard InChI is InChI=1S/C14H19FN2O5S2/c1-2-17(24(21,22)13-5-3-11(15)4-6-13)9-14(18)16-12-7-8-23(19,20)10-12/h3-6,12H,2,7-10H2,1H3,(H,16,18)/t12-/m0/s1. The fraction of sp³-hybridized carbons (Fsp3) is 0.500. The zero-order valence-corrected chi connectivity index (χ0v) is 14.7. The second-order valence-corrected chi connectivity index (χ2v) is 9.72. The number of nitrogens with zero attached hydrogens (tertiary/aromatic N) is 1. The Labute approximate surface area is 140 Å². The Morgan fingerprint density at radius 3 is 2.46 bits per heavy atom. The Balaban J connectivity index is 2.05. The molecule has 0 spiro atoms. The number of likely N-dealkylation sites (N-methyl/N-ethyl adjacent to an activating group) is 1. The topological polar surface area (TPSA) is 101 Å². The third-order valence-corrected chi connectivity index (χ3v) is 7.42. The summed E-state index contributed by atoms with van der Waals surface area (Å²) < 4.78 is 61.6. The predicted octanol–water partition coefficient (Wildman–Crippen LogP) is 0.140. The summed E-state index contributed by atoms with van der Waals surface area (Å²) in [6, 6.07) is 3.84. The van der Waals surface area contributed by atoms with E-state index in [0.29, 0.717) is 6.42 Å². The molecule has 10 heteroatoms. The largest absolute Gasteiger partial charge is 0.351 e. The average molecular weight is 378 g/mol. The number of nitrogens with one attached hydrogen (secondary N) is 1. The number of rotatable bonds is 6. The molecule has 0 saturated carbocycles. The Kier molecular flexibility index (Phi) is 5.61. The highest BCUT2D eigenvalue weighted by Crippen LogP contribution is 2.16. The molecule has 1 aromatic carbocycles. The van der Waals surface area contributed by atoms with Crippen molar-refractivity contribution in [2.45, 2.75) is 24.3 Å². The average Bonchev–Trinajstić information content (AvgIpc) is 2.83. The van der Waals surface area contributed by atoms with E-state index in [-0.39, 0.29) is 22.9 Å². The van der Waals surface area contributed by atoms with Crippen molar-refractivity contribution < 1.29 is 26.0 Å². The molecule has 1 heterocycles. The molecule has 2 rings (SSSR count). The first-order valence-corrected chi connectivity index (χ1v) is 10.7. The number of carbonyl (C=O) groups is 1. The fourth-order valence-corrected chi connectivity index (χ4v) is 5.54. The van der Waals surface area contributed by atoms with Gasteiger partial charge in [0, 0.05) is 12.6 Å². The SMILES string of the molecule is CCN(CC(=O)N[C@H]1CCS(=O)(=O)C1)S(=O)(=O)c1ccc(F)cc1. The van der Waals surface area contributed by atoms with Crippen LogP contribution in [0, 0.1) is 5.82 Å². The van der Waals surface area contributed by atoms with E-state index in [4.69, 9.17) is 0 Å². The van der Waals surface area contributed by atoms with Crippen LogP contribution in [0.2, 0.25) is 0 Å². The van der Waals surface area contributed by atoms with Crippen LogP contribution >= 0.6 is 0 Å². The first-order chi connectivity index (χ1) is 11.1. The number of hydrogen-bond acceptors (Lipinski definition) is 5. The Hall–Kier alpha value is -1.52. The van der Waals surface area contributed by atoms with E-state index in [9.17, 15) is 26.0 Å². The molecule has 0 aliphatic carbocycles. The van der Waals surface area contributed by atoms with E-state index in [0.717, 1.165) is 28.6 Å². The smallest absolute Gasteiger partial charge is 0.243 e. The van der Waals surface area contributed by atoms with Gasteiger partial charge in [-0.25, -0.2) is 21.2 Å². The summed E-state index contributed by atoms with van der Waals surface area (Å²) in [6.45, 7) is 1.21. The van der Waals surface area contributed by atoms with Gasteiger partial charge in [-0.05, 0) is 30.7 Å². The molecule has 1 N–H and O–H groups in total. The number of benzene rings is 1. The van der Waals surface area contributed by atoms with Crippen molar-refractivity contribution >= 4 is 25.8 Å². The number of sulfonamides is 1. The van der Waals surface area contributed by atoms with E-state index in [1.165, 1.54) is 0 Å². The number of carbonyl (C=O) groups excluding carboxylic acids is 1. The van der Waals surface area contributed by atoms with Crippen molar-refractivity contribution in [3.05, 3.63) is 30.1 Å². The predicted molar refractivity (Wildman–Crippen MR) is 86.0 cm³/mol. The molecule has 0 unspecified atom stereocenters. The highest BCUT2D eigenvalue weighted by Gasteiger charge is 2.31. The van der Waals surface area contributed by atoms with Gasteiger partial charge in [0.1, 0.15) is 5.82 Å². The van der Waals surface area contributed by atoms with E-state index in [1.54, 1.807) is 6.92 Å². The molecule has 0 bridgehead atoms. The molecule has 7 nitrogen and oxygen atoms in total. The van der Waals surface area contributed by atoms with Crippen LogP contribution in [0.4, 0.5) is 4.39 Å². The van der Waals surface area contributed by atoms with Crippen LogP contribution in [-0.2, 0) is 24.7 Å². The van der Waals surface area contributed by atoms with Gasteiger partial charge < -0.3 is 5.32 Å². The molecule has 24 heavy (non-hydrogen) atoms. The second kappa shape index (κ2) is 7.16. The van der Waals surface area contributed by atoms with E-state index >= 15 is 0 Å². The number of hydrogen-bond donors (Lipinski definition) is 1. The van der Waals surface area contributed by atoms with Gasteiger partial charge in [0.05, 0.1) is 22.9 Å². The number of amides is 1. The first kappa shape index (κ1) is 18.8. The minimum Gasteiger partial charge on any atom is -0.351 e. The second-order valence-electron chi connectivity index (χ2n) is 5.55. The van der Waals surface area contributed by atoms with Gasteiger partial charge in [0.2, 0.25) is 15.9 Å². The van der Waals surface area contributed by atoms with Crippen LogP contribution in [0.3, 0.4) is 0 Å². The molecule has 1 fully saturated rings. The van der Waals surface area contributed by atoms with Crippen LogP contribution in [-0.4, -0.2) is 57.7 Å². The van der Waals surface area contributed by atoms with Gasteiger partial charge >= 0.3 is 0 Å². The van der Waals surface area contributed by atoms with Crippen molar-refractivity contribution in [2.24, 2.45) is 0 Å². The zero-order chi connectivity index (χ0) is 18.0. The van der Waals surface area contributed by atoms with E-state index < -0.39 is 44.2 Å². The van der Waals surface area contributed by atoms with E-state index in [2.05, 4.69) is 5.32 Å². The van der Waals surface area contributed by atoms with Crippen LogP contribution in [0.1, 0.15) is 13.3 Å². The van der Waals surface area contributed by atoms with Crippen LogP contribution in [0.5, 0.6) is 0 Å². The lowest BCUT2D eigenvalue weighted by atomic mass is 10.2. The maximum Gasteiger partial charge on any atom is 0.243 e. The number of halogens is 1. The third-order valence-electron chi connectivity index (χ3n) is 3.72. The fourth-order valence-electron chi connectivity index (χ4n) is 2.46. The molecule has 0 radical (unpaired) electrons. The molecule has 0 aromatic heterocycles. The number of sulfone groups is 1. The molecule has 1 atom stereocenters. The van der Waals surface area contributed by atoms with Gasteiger partial charge in [-0.15, -0.1) is 0 Å². The van der Waals surface area contributed by atoms with Gasteiger partial charge in [0.15, 0.2) is 9.84 Å². The third kappa shape index (κ3) is 4.52. The Morgan fingerprint density at radius 1 is 1.33 bits per heavy atom. The van der Waals surface area contributed by atoms with Crippen molar-refractivity contribution in [2.75, 3.05) is 24.6 Å². The molecule has 1 aliphatic rings. The Bertz CT molecular complexity index is 806. The van der Waals surface area contributed by atoms with Crippen molar-refractivity contribution in [3.8, 4) is 0 Å². The lowest BCUT2D eigenvalue weighted by Crippen LogP contribution is -2.44. The minimum atomic E-state index is -3.93. The lowest BCUT2D eigenvalue weighted by Gasteiger charge is -2.21. The molecule has 1 aliphatic heterocycles. The quantitative estimate of drug-likeness (QED) is 0.759.